The van der Waals surface area contributed by atoms with E-state index in [-0.39, 0.29) is 19.4 Å². The van der Waals surface area contributed by atoms with Crippen LogP contribution in [0.15, 0.2) is 11.6 Å². The molecule has 0 aromatic carbocycles. The van der Waals surface area contributed by atoms with Gasteiger partial charge in [0.05, 0.1) is 25.4 Å². The molecule has 0 aliphatic carbocycles. The van der Waals surface area contributed by atoms with Crippen molar-refractivity contribution in [1.29, 1.82) is 0 Å². The maximum absolute atomic E-state index is 9.34. The molecule has 1 heterocycles. The van der Waals surface area contributed by atoms with Gasteiger partial charge in [0, 0.05) is 0 Å². The minimum Gasteiger partial charge on any atom is -0.394 e. The number of ether oxygens (including phenoxy) is 1. The number of rotatable bonds is 8. The van der Waals surface area contributed by atoms with Crippen molar-refractivity contribution < 1.29 is 14.9 Å². The van der Waals surface area contributed by atoms with Crippen molar-refractivity contribution in [2.24, 2.45) is 0 Å². The van der Waals surface area contributed by atoms with Crippen molar-refractivity contribution in [3.63, 3.8) is 0 Å². The summed E-state index contributed by atoms with van der Waals surface area (Å²) in [4.78, 5) is 0. The summed E-state index contributed by atoms with van der Waals surface area (Å²) in [5.74, 6) is 0. The smallest absolute Gasteiger partial charge is 0.130 e. The Bertz CT molecular complexity index is 262. The van der Waals surface area contributed by atoms with E-state index < -0.39 is 5.54 Å². The van der Waals surface area contributed by atoms with E-state index in [1.165, 1.54) is 18.4 Å². The van der Waals surface area contributed by atoms with Crippen molar-refractivity contribution in [2.45, 2.75) is 57.7 Å². The van der Waals surface area contributed by atoms with Gasteiger partial charge < -0.3 is 14.9 Å². The lowest BCUT2D eigenvalue weighted by Gasteiger charge is -2.24. The van der Waals surface area contributed by atoms with Gasteiger partial charge in [-0.2, -0.15) is 0 Å². The molecule has 1 fully saturated rings. The molecular weight excluding hydrogens is 230 g/mol. The fourth-order valence-corrected chi connectivity index (χ4v) is 2.16. The number of nitrogens with one attached hydrogen (secondary N) is 1. The van der Waals surface area contributed by atoms with Gasteiger partial charge in [-0.15, -0.1) is 0 Å². The predicted molar refractivity (Wildman–Crippen MR) is 72.3 cm³/mol. The van der Waals surface area contributed by atoms with E-state index in [1.54, 1.807) is 0 Å². The van der Waals surface area contributed by atoms with E-state index in [9.17, 15) is 10.2 Å². The van der Waals surface area contributed by atoms with E-state index in [1.807, 2.05) is 0 Å². The van der Waals surface area contributed by atoms with E-state index in [4.69, 9.17) is 4.74 Å². The summed E-state index contributed by atoms with van der Waals surface area (Å²) < 4.78 is 5.70. The molecule has 0 aromatic rings. The first-order valence-corrected chi connectivity index (χ1v) is 7.01. The second-order valence-electron chi connectivity index (χ2n) is 5.10. The van der Waals surface area contributed by atoms with Crippen LogP contribution in [0, 0.1) is 0 Å². The van der Waals surface area contributed by atoms with Gasteiger partial charge >= 0.3 is 0 Å². The predicted octanol–water partition coefficient (Wildman–Crippen LogP) is 1.57. The molecule has 4 nitrogen and oxygen atoms in total. The molecular formula is C14H27NO3. The van der Waals surface area contributed by atoms with Gasteiger partial charge in [-0.05, 0) is 18.4 Å². The molecule has 1 aliphatic rings. The van der Waals surface area contributed by atoms with Gasteiger partial charge in [0.15, 0.2) is 0 Å². The van der Waals surface area contributed by atoms with Crippen LogP contribution in [-0.4, -0.2) is 41.8 Å². The maximum Gasteiger partial charge on any atom is 0.130 e. The summed E-state index contributed by atoms with van der Waals surface area (Å²) in [7, 11) is 0. The minimum absolute atomic E-state index is 0.103. The molecule has 3 N–H and O–H groups in total. The minimum atomic E-state index is -0.678. The summed E-state index contributed by atoms with van der Waals surface area (Å²) in [5, 5.41) is 21.9. The van der Waals surface area contributed by atoms with E-state index >= 15 is 0 Å². The van der Waals surface area contributed by atoms with Crippen LogP contribution in [0.25, 0.3) is 0 Å². The van der Waals surface area contributed by atoms with Crippen LogP contribution >= 0.6 is 0 Å². The van der Waals surface area contributed by atoms with Crippen molar-refractivity contribution >= 4 is 0 Å². The van der Waals surface area contributed by atoms with E-state index in [0.29, 0.717) is 6.61 Å². The second-order valence-corrected chi connectivity index (χ2v) is 5.10. The summed E-state index contributed by atoms with van der Waals surface area (Å²) in [6.45, 7) is 4.48. The number of allylic oxidation sites excluding steroid dienone is 1. The van der Waals surface area contributed by atoms with Crippen LogP contribution in [-0.2, 0) is 4.74 Å². The summed E-state index contributed by atoms with van der Waals surface area (Å²) in [5.41, 5.74) is 0.567. The van der Waals surface area contributed by atoms with E-state index in [0.717, 1.165) is 19.3 Å². The molecule has 1 atom stereocenters. The summed E-state index contributed by atoms with van der Waals surface area (Å²) >= 11 is 0. The molecule has 1 aliphatic heterocycles. The molecule has 1 unspecified atom stereocenters. The Labute approximate surface area is 110 Å². The van der Waals surface area contributed by atoms with Crippen molar-refractivity contribution in [3.05, 3.63) is 11.6 Å². The average Bonchev–Trinajstić information content (AvgIpc) is 2.83. The number of unbranched alkanes of at least 4 members (excludes halogenated alkanes) is 2. The highest BCUT2D eigenvalue weighted by atomic mass is 16.5. The molecule has 0 bridgehead atoms. The third-order valence-electron chi connectivity index (χ3n) is 3.41. The molecule has 0 saturated carbocycles. The van der Waals surface area contributed by atoms with Gasteiger partial charge in [-0.25, -0.2) is 0 Å². The average molecular weight is 257 g/mol. The summed E-state index contributed by atoms with van der Waals surface area (Å²) in [6, 6.07) is 0. The zero-order valence-corrected chi connectivity index (χ0v) is 11.6. The first-order chi connectivity index (χ1) is 8.71. The number of hydrogen-bond donors (Lipinski definition) is 3. The Balaban J connectivity index is 2.62. The van der Waals surface area contributed by atoms with Crippen LogP contribution < -0.4 is 5.32 Å². The molecule has 106 valence electrons. The molecule has 1 saturated heterocycles. The number of hydrogen-bond acceptors (Lipinski definition) is 4. The monoisotopic (exact) mass is 257 g/mol. The second kappa shape index (κ2) is 7.89. The number of aliphatic hydroxyl groups excluding tert-OH is 2. The molecule has 0 amide bonds. The zero-order valence-electron chi connectivity index (χ0n) is 11.6. The molecule has 18 heavy (non-hydrogen) atoms. The van der Waals surface area contributed by atoms with Crippen LogP contribution in [0.1, 0.15) is 46.0 Å². The van der Waals surface area contributed by atoms with Crippen molar-refractivity contribution in [3.8, 4) is 0 Å². The van der Waals surface area contributed by atoms with Gasteiger partial charge in [0.1, 0.15) is 6.23 Å². The topological polar surface area (TPSA) is 61.7 Å². The lowest BCUT2D eigenvalue weighted by molar-refractivity contribution is 0.0826. The highest BCUT2D eigenvalue weighted by molar-refractivity contribution is 5.12. The van der Waals surface area contributed by atoms with Crippen molar-refractivity contribution in [1.82, 2.24) is 5.32 Å². The van der Waals surface area contributed by atoms with Gasteiger partial charge in [0.25, 0.3) is 0 Å². The Hall–Kier alpha value is -0.420. The highest BCUT2D eigenvalue weighted by Crippen LogP contribution is 2.23. The maximum atomic E-state index is 9.34. The van der Waals surface area contributed by atoms with Crippen LogP contribution in [0.5, 0.6) is 0 Å². The quantitative estimate of drug-likeness (QED) is 0.456. The van der Waals surface area contributed by atoms with E-state index in [2.05, 4.69) is 25.2 Å². The fraction of sp³-hybridized carbons (Fsp3) is 0.857. The van der Waals surface area contributed by atoms with Crippen LogP contribution in [0.3, 0.4) is 0 Å². The standard InChI is InChI=1S/C14H27NO3/c1-3-5-6-8-12(7-4-2)13-15-14(9-16,10-17)11-18-13/h8,13,15-17H,3-7,9-11H2,1-2H3. The highest BCUT2D eigenvalue weighted by Gasteiger charge is 2.39. The number of aliphatic hydroxyl groups is 2. The summed E-state index contributed by atoms with van der Waals surface area (Å²) in [6.07, 6.45) is 7.60. The van der Waals surface area contributed by atoms with Gasteiger partial charge in [-0.1, -0.05) is 39.2 Å². The Morgan fingerprint density at radius 2 is 2.06 bits per heavy atom. The van der Waals surface area contributed by atoms with Crippen molar-refractivity contribution in [2.75, 3.05) is 19.8 Å². The Kier molecular flexibility index (Phi) is 6.86. The first kappa shape index (κ1) is 15.6. The molecule has 1 rings (SSSR count). The normalized spacial score (nSPS) is 23.6. The largest absolute Gasteiger partial charge is 0.394 e. The van der Waals surface area contributed by atoms with Gasteiger partial charge in [0.2, 0.25) is 0 Å². The SMILES string of the molecule is CCCCC=C(CCC)C1NC(CO)(CO)CO1. The molecule has 0 spiro atoms. The van der Waals surface area contributed by atoms with Crippen LogP contribution in [0.2, 0.25) is 0 Å². The van der Waals surface area contributed by atoms with Crippen LogP contribution in [0.4, 0.5) is 0 Å². The molecule has 0 radical (unpaired) electrons. The third-order valence-corrected chi connectivity index (χ3v) is 3.41. The molecule has 4 heteroatoms. The molecule has 0 aromatic heterocycles. The van der Waals surface area contributed by atoms with Gasteiger partial charge in [-0.3, -0.25) is 5.32 Å². The third kappa shape index (κ3) is 4.05. The Morgan fingerprint density at radius 3 is 2.56 bits per heavy atom. The Morgan fingerprint density at radius 1 is 1.33 bits per heavy atom. The fourth-order valence-electron chi connectivity index (χ4n) is 2.16. The zero-order chi connectivity index (χ0) is 13.4. The first-order valence-electron chi connectivity index (χ1n) is 7.01. The lowest BCUT2D eigenvalue weighted by Crippen LogP contribution is -2.51. The lowest BCUT2D eigenvalue weighted by atomic mass is 10.0.